The maximum absolute atomic E-state index is 14.5. The van der Waals surface area contributed by atoms with Gasteiger partial charge in [-0.2, -0.15) is 0 Å². The van der Waals surface area contributed by atoms with Gasteiger partial charge < -0.3 is 16.0 Å². The lowest BCUT2D eigenvalue weighted by atomic mass is 9.91. The third-order valence-electron chi connectivity index (χ3n) is 7.59. The van der Waals surface area contributed by atoms with Crippen LogP contribution in [-0.2, 0) is 16.0 Å². The van der Waals surface area contributed by atoms with Crippen LogP contribution in [0.2, 0.25) is 0 Å². The molecule has 43 heavy (non-hydrogen) atoms. The zero-order chi connectivity index (χ0) is 30.8. The quantitative estimate of drug-likeness (QED) is 0.248. The Balaban J connectivity index is 1.52. The van der Waals surface area contributed by atoms with E-state index in [1.54, 1.807) is 12.1 Å². The number of hydrogen-bond donors (Lipinski definition) is 3. The molecule has 0 aliphatic carbocycles. The minimum atomic E-state index is -0.902. The molecule has 5 rings (SSSR count). The molecule has 0 radical (unpaired) electrons. The van der Waals surface area contributed by atoms with Crippen molar-refractivity contribution < 1.29 is 27.6 Å². The largest absolute Gasteiger partial charge is 0.355 e. The van der Waals surface area contributed by atoms with Crippen molar-refractivity contribution in [1.82, 2.24) is 15.6 Å². The van der Waals surface area contributed by atoms with Gasteiger partial charge in [0.15, 0.2) is 0 Å². The van der Waals surface area contributed by atoms with Gasteiger partial charge in [0.05, 0.1) is 23.2 Å². The maximum Gasteiger partial charge on any atom is 0.254 e. The summed E-state index contributed by atoms with van der Waals surface area (Å²) in [5.41, 5.74) is 4.56. The van der Waals surface area contributed by atoms with Crippen molar-refractivity contribution in [3.05, 3.63) is 118 Å². The minimum Gasteiger partial charge on any atom is -0.355 e. The molecule has 4 aromatic rings. The van der Waals surface area contributed by atoms with Crippen LogP contribution in [0, 0.1) is 31.3 Å². The maximum atomic E-state index is 14.5. The molecular formula is C33H29F3N4O3. The Morgan fingerprint density at radius 3 is 2.42 bits per heavy atom. The van der Waals surface area contributed by atoms with Crippen molar-refractivity contribution >= 4 is 23.4 Å². The zero-order valence-electron chi connectivity index (χ0n) is 23.7. The van der Waals surface area contributed by atoms with E-state index in [9.17, 15) is 27.6 Å². The molecule has 0 bridgehead atoms. The average molecular weight is 587 g/mol. The van der Waals surface area contributed by atoms with E-state index in [-0.39, 0.29) is 29.9 Å². The number of fused-ring (bicyclic) bond motifs is 1. The molecule has 220 valence electrons. The number of carbonyl (C=O) groups excluding carboxylic acids is 3. The molecule has 1 aliphatic rings. The number of benzene rings is 3. The van der Waals surface area contributed by atoms with E-state index in [4.69, 9.17) is 0 Å². The summed E-state index contributed by atoms with van der Waals surface area (Å²) in [7, 11) is 1.39. The zero-order valence-corrected chi connectivity index (χ0v) is 23.7. The molecule has 2 atom stereocenters. The van der Waals surface area contributed by atoms with Crippen molar-refractivity contribution in [2.75, 3.05) is 12.4 Å². The van der Waals surface area contributed by atoms with Gasteiger partial charge in [0.1, 0.15) is 17.5 Å². The highest BCUT2D eigenvalue weighted by atomic mass is 19.1. The molecule has 10 heteroatoms. The molecule has 1 unspecified atom stereocenters. The normalized spacial score (nSPS) is 14.6. The molecule has 0 fully saturated rings. The summed E-state index contributed by atoms with van der Waals surface area (Å²) >= 11 is 0. The van der Waals surface area contributed by atoms with Crippen molar-refractivity contribution in [2.24, 2.45) is 0 Å². The van der Waals surface area contributed by atoms with Crippen molar-refractivity contribution in [1.29, 1.82) is 0 Å². The second kappa shape index (κ2) is 12.1. The van der Waals surface area contributed by atoms with Crippen LogP contribution in [0.5, 0.6) is 0 Å². The van der Waals surface area contributed by atoms with E-state index < -0.39 is 41.2 Å². The van der Waals surface area contributed by atoms with Crippen LogP contribution < -0.4 is 16.0 Å². The summed E-state index contributed by atoms with van der Waals surface area (Å²) < 4.78 is 42.8. The third kappa shape index (κ3) is 6.13. The van der Waals surface area contributed by atoms with E-state index in [1.165, 1.54) is 37.5 Å². The van der Waals surface area contributed by atoms with Gasteiger partial charge in [-0.3, -0.25) is 19.4 Å². The first-order chi connectivity index (χ1) is 20.5. The first kappa shape index (κ1) is 29.5. The number of hydrogen-bond acceptors (Lipinski definition) is 4. The molecule has 3 aromatic carbocycles. The molecule has 2 heterocycles. The van der Waals surface area contributed by atoms with Gasteiger partial charge in [-0.25, -0.2) is 13.2 Å². The number of pyridine rings is 1. The Bertz CT molecular complexity index is 1740. The predicted molar refractivity (Wildman–Crippen MR) is 156 cm³/mol. The molecule has 1 aromatic heterocycles. The Kier molecular flexibility index (Phi) is 8.29. The first-order valence-electron chi connectivity index (χ1n) is 13.7. The third-order valence-corrected chi connectivity index (χ3v) is 7.59. The number of nitrogens with one attached hydrogen (secondary N) is 3. The van der Waals surface area contributed by atoms with Gasteiger partial charge in [-0.05, 0) is 78.4 Å². The van der Waals surface area contributed by atoms with Crippen molar-refractivity contribution in [2.45, 2.75) is 38.6 Å². The predicted octanol–water partition coefficient (Wildman–Crippen LogP) is 5.67. The highest BCUT2D eigenvalue weighted by Crippen LogP contribution is 2.39. The van der Waals surface area contributed by atoms with Gasteiger partial charge in [-0.1, -0.05) is 24.3 Å². The summed E-state index contributed by atoms with van der Waals surface area (Å²) in [6.07, 6.45) is 1.29. The van der Waals surface area contributed by atoms with Crippen LogP contribution in [0.15, 0.2) is 66.9 Å². The SMILES string of the molecule is CNC(=O)c1cc(-c2cccnc2[C@H](Cc2cc(F)cc(F)c2)NC(=O)CC2C(=O)Nc3c(C)ccc(C)c32)ccc1F. The smallest absolute Gasteiger partial charge is 0.254 e. The molecule has 0 spiro atoms. The summed E-state index contributed by atoms with van der Waals surface area (Å²) in [4.78, 5) is 43.3. The van der Waals surface area contributed by atoms with E-state index >= 15 is 0 Å². The summed E-state index contributed by atoms with van der Waals surface area (Å²) in [5.74, 6) is -4.38. The monoisotopic (exact) mass is 586 g/mol. The van der Waals surface area contributed by atoms with Gasteiger partial charge in [0.25, 0.3) is 5.91 Å². The fourth-order valence-corrected chi connectivity index (χ4v) is 5.54. The van der Waals surface area contributed by atoms with E-state index in [0.29, 0.717) is 22.5 Å². The van der Waals surface area contributed by atoms with Gasteiger partial charge in [0.2, 0.25) is 11.8 Å². The highest BCUT2D eigenvalue weighted by Gasteiger charge is 2.35. The average Bonchev–Trinajstić information content (AvgIpc) is 3.30. The standard InChI is InChI=1S/C33H29F3N4O3/c1-17-6-7-18(2)30-29(17)25(33(43)40-30)16-28(41)39-27(13-19-11-21(34)15-22(35)12-19)31-23(5-4-10-38-31)20-8-9-26(36)24(14-20)32(42)37-3/h4-12,14-15,25,27H,13,16H2,1-3H3,(H,37,42)(H,39,41)(H,40,43)/t25?,27-/m0/s1. The number of anilines is 1. The van der Waals surface area contributed by atoms with Crippen molar-refractivity contribution in [3.8, 4) is 11.1 Å². The summed E-state index contributed by atoms with van der Waals surface area (Å²) in [6.45, 7) is 3.75. The van der Waals surface area contributed by atoms with E-state index in [2.05, 4.69) is 20.9 Å². The lowest BCUT2D eigenvalue weighted by Gasteiger charge is -2.22. The summed E-state index contributed by atoms with van der Waals surface area (Å²) in [5, 5.41) is 8.20. The Hall–Kier alpha value is -4.99. The second-order valence-corrected chi connectivity index (χ2v) is 10.5. The molecular weight excluding hydrogens is 557 g/mol. The lowest BCUT2D eigenvalue weighted by Crippen LogP contribution is -2.33. The topological polar surface area (TPSA) is 100 Å². The number of carbonyl (C=O) groups is 3. The Morgan fingerprint density at radius 2 is 1.70 bits per heavy atom. The minimum absolute atomic E-state index is 0.0421. The van der Waals surface area contributed by atoms with Gasteiger partial charge in [-0.15, -0.1) is 0 Å². The highest BCUT2D eigenvalue weighted by molar-refractivity contribution is 6.06. The number of halogens is 3. The number of aryl methyl sites for hydroxylation is 2. The fraction of sp³-hybridized carbons (Fsp3) is 0.212. The molecule has 0 saturated carbocycles. The molecule has 0 saturated heterocycles. The Morgan fingerprint density at radius 1 is 0.977 bits per heavy atom. The number of nitrogens with zero attached hydrogens (tertiary/aromatic N) is 1. The second-order valence-electron chi connectivity index (χ2n) is 10.5. The first-order valence-corrected chi connectivity index (χ1v) is 13.7. The van der Waals surface area contributed by atoms with Crippen LogP contribution in [-0.4, -0.2) is 29.8 Å². The molecule has 3 N–H and O–H groups in total. The lowest BCUT2D eigenvalue weighted by molar-refractivity contribution is -0.125. The van der Waals surface area contributed by atoms with Gasteiger partial charge in [0, 0.05) is 37.0 Å². The number of aromatic nitrogens is 1. The fourth-order valence-electron chi connectivity index (χ4n) is 5.54. The summed E-state index contributed by atoms with van der Waals surface area (Å²) in [6, 6.07) is 13.3. The van der Waals surface area contributed by atoms with Crippen LogP contribution in [0.25, 0.3) is 11.1 Å². The van der Waals surface area contributed by atoms with Crippen LogP contribution >= 0.6 is 0 Å². The van der Waals surface area contributed by atoms with Crippen LogP contribution in [0.3, 0.4) is 0 Å². The van der Waals surface area contributed by atoms with Crippen LogP contribution in [0.4, 0.5) is 18.9 Å². The molecule has 3 amide bonds. The number of rotatable bonds is 8. The molecule has 7 nitrogen and oxygen atoms in total. The number of amides is 3. The van der Waals surface area contributed by atoms with E-state index in [0.717, 1.165) is 28.8 Å². The van der Waals surface area contributed by atoms with Gasteiger partial charge >= 0.3 is 0 Å². The van der Waals surface area contributed by atoms with Crippen molar-refractivity contribution in [3.63, 3.8) is 0 Å². The van der Waals surface area contributed by atoms with E-state index in [1.807, 2.05) is 26.0 Å². The Labute approximate surface area is 246 Å². The van der Waals surface area contributed by atoms with Crippen LogP contribution in [0.1, 0.15) is 56.7 Å². The molecule has 1 aliphatic heterocycles.